The van der Waals surface area contributed by atoms with Gasteiger partial charge in [-0.05, 0) is 49.6 Å². The molecule has 2 aliphatic heterocycles. The molecule has 8 nitrogen and oxygen atoms in total. The normalized spacial score (nSPS) is 17.7. The van der Waals surface area contributed by atoms with E-state index in [2.05, 4.69) is 11.6 Å². The predicted octanol–water partition coefficient (Wildman–Crippen LogP) is 7.35. The van der Waals surface area contributed by atoms with Gasteiger partial charge < -0.3 is 20.4 Å². The number of aromatic nitrogens is 2. The van der Waals surface area contributed by atoms with E-state index >= 15 is 8.78 Å². The number of hydrogen-bond acceptors (Lipinski definition) is 6. The Balaban J connectivity index is 1.79. The molecule has 0 bridgehead atoms. The first-order valence-corrected chi connectivity index (χ1v) is 16.2. The standard InChI is InChI=1S/C34H33Cl3F2N6O2/c1-7-23(46)43-14-18-13-42(6)33-32(44(18)12-17(43)5)19-10-20(35)24(25-26(38)21(36)11-22(37)28(25)40)27(39)31(19)45(34(33)47)30-16(4)8-9-41-29(30)15(2)3/h7-11,15,17-18H,1,12-14,40H2,2-6H3. The summed E-state index contributed by atoms with van der Waals surface area (Å²) in [4.78, 5) is 37.8. The van der Waals surface area contributed by atoms with Gasteiger partial charge in [0.05, 0.1) is 49.4 Å². The van der Waals surface area contributed by atoms with Gasteiger partial charge in [-0.1, -0.05) is 55.2 Å². The zero-order valence-corrected chi connectivity index (χ0v) is 28.7. The van der Waals surface area contributed by atoms with Crippen LogP contribution in [0.25, 0.3) is 27.7 Å². The van der Waals surface area contributed by atoms with Crippen LogP contribution in [0.1, 0.15) is 37.9 Å². The number of nitrogens with two attached hydrogens (primary N) is 1. The highest BCUT2D eigenvalue weighted by Gasteiger charge is 2.42. The second kappa shape index (κ2) is 12.0. The Morgan fingerprint density at radius 2 is 1.74 bits per heavy atom. The zero-order chi connectivity index (χ0) is 34.2. The van der Waals surface area contributed by atoms with Crippen LogP contribution in [0, 0.1) is 18.6 Å². The molecule has 246 valence electrons. The Morgan fingerprint density at radius 1 is 1.04 bits per heavy atom. The van der Waals surface area contributed by atoms with Gasteiger partial charge in [0.15, 0.2) is 11.6 Å². The molecule has 6 rings (SSSR count). The molecule has 47 heavy (non-hydrogen) atoms. The average Bonchev–Trinajstić information content (AvgIpc) is 3.01. The number of anilines is 3. The molecule has 4 aromatic rings. The quantitative estimate of drug-likeness (QED) is 0.136. The van der Waals surface area contributed by atoms with E-state index in [1.165, 1.54) is 16.7 Å². The van der Waals surface area contributed by atoms with Gasteiger partial charge >= 0.3 is 0 Å². The molecule has 0 aliphatic carbocycles. The molecule has 1 saturated heterocycles. The highest BCUT2D eigenvalue weighted by molar-refractivity contribution is 6.38. The van der Waals surface area contributed by atoms with E-state index in [1.54, 1.807) is 24.2 Å². The largest absolute Gasteiger partial charge is 0.397 e. The Bertz CT molecular complexity index is 2040. The van der Waals surface area contributed by atoms with E-state index < -0.39 is 22.8 Å². The van der Waals surface area contributed by atoms with Gasteiger partial charge in [-0.3, -0.25) is 19.1 Å². The lowest BCUT2D eigenvalue weighted by Crippen LogP contribution is -2.64. The number of rotatable bonds is 4. The molecule has 0 spiro atoms. The minimum absolute atomic E-state index is 0.0830. The van der Waals surface area contributed by atoms with E-state index in [1.807, 2.05) is 37.5 Å². The van der Waals surface area contributed by atoms with Crippen LogP contribution >= 0.6 is 34.8 Å². The number of carbonyl (C=O) groups is 1. The van der Waals surface area contributed by atoms with Crippen molar-refractivity contribution in [3.05, 3.63) is 85.4 Å². The van der Waals surface area contributed by atoms with E-state index in [4.69, 9.17) is 40.5 Å². The monoisotopic (exact) mass is 700 g/mol. The molecule has 2 aromatic carbocycles. The Kier molecular flexibility index (Phi) is 8.43. The first-order chi connectivity index (χ1) is 22.2. The van der Waals surface area contributed by atoms with Crippen molar-refractivity contribution in [3.63, 3.8) is 0 Å². The second-order valence-electron chi connectivity index (χ2n) is 12.5. The minimum Gasteiger partial charge on any atom is -0.397 e. The van der Waals surface area contributed by atoms with E-state index in [9.17, 15) is 9.59 Å². The molecule has 1 fully saturated rings. The summed E-state index contributed by atoms with van der Waals surface area (Å²) >= 11 is 19.3. The maximum Gasteiger partial charge on any atom is 0.281 e. The fourth-order valence-electron chi connectivity index (χ4n) is 6.96. The molecule has 2 aromatic heterocycles. The number of nitrogen functional groups attached to an aromatic ring is 1. The van der Waals surface area contributed by atoms with Gasteiger partial charge in [-0.2, -0.15) is 0 Å². The van der Waals surface area contributed by atoms with Crippen molar-refractivity contribution in [2.24, 2.45) is 0 Å². The summed E-state index contributed by atoms with van der Waals surface area (Å²) in [7, 11) is 1.79. The third-order valence-corrected chi connectivity index (χ3v) is 10.0. The average molecular weight is 702 g/mol. The van der Waals surface area contributed by atoms with Gasteiger partial charge in [0.25, 0.3) is 5.56 Å². The first kappa shape index (κ1) is 33.1. The van der Waals surface area contributed by atoms with Crippen LogP contribution in [-0.2, 0) is 4.79 Å². The number of hydrogen-bond donors (Lipinski definition) is 1. The highest BCUT2D eigenvalue weighted by atomic mass is 35.5. The van der Waals surface area contributed by atoms with Crippen LogP contribution in [0.5, 0.6) is 0 Å². The minimum atomic E-state index is -1.00. The lowest BCUT2D eigenvalue weighted by molar-refractivity contribution is -0.128. The summed E-state index contributed by atoms with van der Waals surface area (Å²) in [5.41, 5.74) is 7.03. The topological polar surface area (TPSA) is 87.7 Å². The Morgan fingerprint density at radius 3 is 2.40 bits per heavy atom. The summed E-state index contributed by atoms with van der Waals surface area (Å²) in [5, 5.41) is -0.284. The van der Waals surface area contributed by atoms with Crippen LogP contribution in [0.4, 0.5) is 25.8 Å². The summed E-state index contributed by atoms with van der Waals surface area (Å²) in [6, 6.07) is 3.93. The number of nitrogens with zero attached hydrogens (tertiary/aromatic N) is 5. The summed E-state index contributed by atoms with van der Waals surface area (Å²) in [6.45, 7) is 12.4. The lowest BCUT2D eigenvalue weighted by atomic mass is 9.95. The van der Waals surface area contributed by atoms with Crippen LogP contribution in [-0.4, -0.2) is 59.1 Å². The molecule has 2 N–H and O–H groups in total. The highest BCUT2D eigenvalue weighted by Crippen LogP contribution is 2.48. The molecule has 4 heterocycles. The van der Waals surface area contributed by atoms with Crippen molar-refractivity contribution in [2.45, 2.75) is 45.7 Å². The molecular formula is C34H33Cl3F2N6O2. The van der Waals surface area contributed by atoms with Crippen molar-refractivity contribution in [1.29, 1.82) is 0 Å². The third kappa shape index (κ3) is 5.03. The number of carbonyl (C=O) groups excluding carboxylic acids is 1. The maximum atomic E-state index is 17.5. The Hall–Kier alpha value is -3.86. The van der Waals surface area contributed by atoms with Crippen LogP contribution < -0.4 is 21.1 Å². The smallest absolute Gasteiger partial charge is 0.281 e. The summed E-state index contributed by atoms with van der Waals surface area (Å²) in [6.07, 6.45) is 2.93. The van der Waals surface area contributed by atoms with Crippen LogP contribution in [0.3, 0.4) is 0 Å². The number of halogens is 5. The van der Waals surface area contributed by atoms with E-state index in [-0.39, 0.29) is 55.7 Å². The zero-order valence-electron chi connectivity index (χ0n) is 26.5. The Labute approximate surface area is 285 Å². The van der Waals surface area contributed by atoms with E-state index in [0.717, 1.165) is 6.07 Å². The molecule has 0 saturated carbocycles. The number of likely N-dealkylation sites (N-methyl/N-ethyl adjacent to an activating group) is 1. The number of piperazine rings is 1. The van der Waals surface area contributed by atoms with Crippen molar-refractivity contribution < 1.29 is 13.6 Å². The van der Waals surface area contributed by atoms with Gasteiger partial charge in [0.1, 0.15) is 5.69 Å². The number of pyridine rings is 2. The molecule has 2 aliphatic rings. The van der Waals surface area contributed by atoms with Crippen LogP contribution in [0.2, 0.25) is 15.1 Å². The lowest BCUT2D eigenvalue weighted by Gasteiger charge is -2.51. The van der Waals surface area contributed by atoms with Crippen molar-refractivity contribution in [2.75, 3.05) is 42.2 Å². The fourth-order valence-corrected chi connectivity index (χ4v) is 7.71. The molecular weight excluding hydrogens is 669 g/mol. The van der Waals surface area contributed by atoms with Gasteiger partial charge in [0.2, 0.25) is 5.91 Å². The molecule has 1 amide bonds. The predicted molar refractivity (Wildman–Crippen MR) is 187 cm³/mol. The van der Waals surface area contributed by atoms with Crippen molar-refractivity contribution >= 4 is 68.7 Å². The van der Waals surface area contributed by atoms with Gasteiger partial charge in [-0.15, -0.1) is 0 Å². The SMILES string of the molecule is C=CC(=O)N1CC2CN(C)c3c(c4cc(Cl)c(-c5c(N)c(Cl)cc(Cl)c5F)c(F)c4n(-c4c(C)ccnc4C(C)C)c3=O)N2CC1C. The van der Waals surface area contributed by atoms with Gasteiger partial charge in [0, 0.05) is 55.4 Å². The third-order valence-electron chi connectivity index (χ3n) is 9.14. The fraction of sp³-hybridized carbons (Fsp3) is 0.324. The molecule has 2 atom stereocenters. The second-order valence-corrected chi connectivity index (χ2v) is 13.7. The number of amides is 1. The first-order valence-electron chi connectivity index (χ1n) is 15.1. The maximum absolute atomic E-state index is 17.5. The van der Waals surface area contributed by atoms with Gasteiger partial charge in [-0.25, -0.2) is 8.78 Å². The number of benzene rings is 2. The molecule has 2 unspecified atom stereocenters. The molecule has 13 heteroatoms. The summed E-state index contributed by atoms with van der Waals surface area (Å²) in [5.74, 6) is -2.32. The van der Waals surface area contributed by atoms with Crippen LogP contribution in [0.15, 0.2) is 41.8 Å². The summed E-state index contributed by atoms with van der Waals surface area (Å²) < 4.78 is 34.6. The number of aryl methyl sites for hydroxylation is 1. The number of fused-ring (bicyclic) bond motifs is 5. The van der Waals surface area contributed by atoms with E-state index in [0.29, 0.717) is 53.3 Å². The van der Waals surface area contributed by atoms with Crippen molar-refractivity contribution in [3.8, 4) is 16.8 Å². The van der Waals surface area contributed by atoms with Crippen molar-refractivity contribution in [1.82, 2.24) is 14.5 Å². The molecule has 0 radical (unpaired) electrons.